The fourth-order valence-electron chi connectivity index (χ4n) is 3.25. The third-order valence-electron chi connectivity index (χ3n) is 3.91. The first-order valence-electron chi connectivity index (χ1n) is 8.02. The van der Waals surface area contributed by atoms with Crippen molar-refractivity contribution in [2.45, 2.75) is 47.2 Å². The standard InChI is InChI=1S/C17H30N2O/c1-13(2)7-18-8-16-6-17(20-12-16)11-19-9-14(3)5-15(4)10-19/h6,12-15,18H,5,7-11H2,1-4H3. The van der Waals surface area contributed by atoms with Crippen molar-refractivity contribution in [2.24, 2.45) is 17.8 Å². The summed E-state index contributed by atoms with van der Waals surface area (Å²) in [5.41, 5.74) is 1.26. The molecule has 0 aliphatic carbocycles. The molecule has 1 aromatic rings. The van der Waals surface area contributed by atoms with Crippen LogP contribution < -0.4 is 5.32 Å². The van der Waals surface area contributed by atoms with E-state index in [1.54, 1.807) is 0 Å². The van der Waals surface area contributed by atoms with Crippen LogP contribution in [0.1, 0.15) is 45.4 Å². The maximum absolute atomic E-state index is 5.71. The topological polar surface area (TPSA) is 28.4 Å². The monoisotopic (exact) mass is 278 g/mol. The summed E-state index contributed by atoms with van der Waals surface area (Å²) in [6.07, 6.45) is 3.26. The molecule has 0 bridgehead atoms. The number of hydrogen-bond donors (Lipinski definition) is 1. The fourth-order valence-corrected chi connectivity index (χ4v) is 3.25. The van der Waals surface area contributed by atoms with Gasteiger partial charge in [-0.1, -0.05) is 27.7 Å². The lowest BCUT2D eigenvalue weighted by Crippen LogP contribution is -2.37. The summed E-state index contributed by atoms with van der Waals surface area (Å²) in [6, 6.07) is 2.21. The highest BCUT2D eigenvalue weighted by atomic mass is 16.3. The van der Waals surface area contributed by atoms with Gasteiger partial charge in [-0.15, -0.1) is 0 Å². The van der Waals surface area contributed by atoms with E-state index >= 15 is 0 Å². The molecule has 0 spiro atoms. The molecule has 3 heteroatoms. The van der Waals surface area contributed by atoms with Crippen LogP contribution in [0.3, 0.4) is 0 Å². The molecule has 1 saturated heterocycles. The molecule has 1 N–H and O–H groups in total. The molecule has 2 unspecified atom stereocenters. The largest absolute Gasteiger partial charge is 0.468 e. The van der Waals surface area contributed by atoms with Crippen molar-refractivity contribution in [1.29, 1.82) is 0 Å². The molecule has 2 atom stereocenters. The summed E-state index contributed by atoms with van der Waals surface area (Å²) in [4.78, 5) is 2.53. The van der Waals surface area contributed by atoms with Gasteiger partial charge < -0.3 is 9.73 Å². The lowest BCUT2D eigenvalue weighted by atomic mass is 9.92. The Bertz CT molecular complexity index is 389. The van der Waals surface area contributed by atoms with Crippen molar-refractivity contribution in [3.8, 4) is 0 Å². The molecule has 2 heterocycles. The molecule has 1 aliphatic heterocycles. The van der Waals surface area contributed by atoms with Crippen LogP contribution in [0, 0.1) is 17.8 Å². The van der Waals surface area contributed by atoms with Crippen LogP contribution in [0.2, 0.25) is 0 Å². The Balaban J connectivity index is 1.80. The van der Waals surface area contributed by atoms with Crippen LogP contribution >= 0.6 is 0 Å². The number of piperidine rings is 1. The van der Waals surface area contributed by atoms with Gasteiger partial charge in [0.15, 0.2) is 0 Å². The summed E-state index contributed by atoms with van der Waals surface area (Å²) in [5, 5.41) is 3.46. The predicted molar refractivity (Wildman–Crippen MR) is 83.5 cm³/mol. The van der Waals surface area contributed by atoms with Crippen molar-refractivity contribution in [3.05, 3.63) is 23.7 Å². The maximum atomic E-state index is 5.71. The van der Waals surface area contributed by atoms with E-state index in [0.29, 0.717) is 5.92 Å². The van der Waals surface area contributed by atoms with E-state index in [-0.39, 0.29) is 0 Å². The van der Waals surface area contributed by atoms with Crippen LogP contribution in [-0.4, -0.2) is 24.5 Å². The van der Waals surface area contributed by atoms with Gasteiger partial charge in [-0.05, 0) is 36.8 Å². The van der Waals surface area contributed by atoms with E-state index in [4.69, 9.17) is 4.42 Å². The molecule has 1 aliphatic rings. The van der Waals surface area contributed by atoms with Gasteiger partial charge in [0.1, 0.15) is 5.76 Å². The van der Waals surface area contributed by atoms with E-state index < -0.39 is 0 Å². The van der Waals surface area contributed by atoms with Gasteiger partial charge in [-0.25, -0.2) is 0 Å². The van der Waals surface area contributed by atoms with Crippen molar-refractivity contribution in [3.63, 3.8) is 0 Å². The molecular formula is C17H30N2O. The summed E-state index contributed by atoms with van der Waals surface area (Å²) in [6.45, 7) is 14.5. The minimum absolute atomic E-state index is 0.692. The highest BCUT2D eigenvalue weighted by Gasteiger charge is 2.22. The first-order chi connectivity index (χ1) is 9.52. The Morgan fingerprint density at radius 3 is 2.65 bits per heavy atom. The van der Waals surface area contributed by atoms with Gasteiger partial charge in [0.2, 0.25) is 0 Å². The van der Waals surface area contributed by atoms with Crippen LogP contribution in [0.25, 0.3) is 0 Å². The smallest absolute Gasteiger partial charge is 0.118 e. The SMILES string of the molecule is CC(C)CNCc1coc(CN2CC(C)CC(C)C2)c1. The molecule has 2 rings (SSSR count). The quantitative estimate of drug-likeness (QED) is 0.863. The summed E-state index contributed by atoms with van der Waals surface area (Å²) in [5.74, 6) is 3.41. The summed E-state index contributed by atoms with van der Waals surface area (Å²) < 4.78 is 5.71. The second-order valence-corrected chi connectivity index (χ2v) is 7.09. The molecular weight excluding hydrogens is 248 g/mol. The van der Waals surface area contributed by atoms with Crippen LogP contribution in [-0.2, 0) is 13.1 Å². The van der Waals surface area contributed by atoms with E-state index in [0.717, 1.165) is 37.2 Å². The Labute approximate surface area is 123 Å². The maximum Gasteiger partial charge on any atom is 0.118 e. The van der Waals surface area contributed by atoms with Crippen molar-refractivity contribution in [1.82, 2.24) is 10.2 Å². The third kappa shape index (κ3) is 4.95. The first kappa shape index (κ1) is 15.6. The zero-order chi connectivity index (χ0) is 14.5. The lowest BCUT2D eigenvalue weighted by Gasteiger charge is -2.34. The van der Waals surface area contributed by atoms with Gasteiger partial charge in [0.25, 0.3) is 0 Å². The molecule has 1 aromatic heterocycles. The van der Waals surface area contributed by atoms with Gasteiger partial charge >= 0.3 is 0 Å². The number of hydrogen-bond acceptors (Lipinski definition) is 3. The van der Waals surface area contributed by atoms with Gasteiger partial charge in [-0.2, -0.15) is 0 Å². The molecule has 0 aromatic carbocycles. The predicted octanol–water partition coefficient (Wildman–Crippen LogP) is 3.50. The normalized spacial score (nSPS) is 24.4. The molecule has 114 valence electrons. The number of furan rings is 1. The Morgan fingerprint density at radius 1 is 1.30 bits per heavy atom. The van der Waals surface area contributed by atoms with Crippen molar-refractivity contribution in [2.75, 3.05) is 19.6 Å². The minimum atomic E-state index is 0.692. The molecule has 0 amide bonds. The van der Waals surface area contributed by atoms with Crippen LogP contribution in [0.5, 0.6) is 0 Å². The van der Waals surface area contributed by atoms with Gasteiger partial charge in [0.05, 0.1) is 12.8 Å². The molecule has 0 radical (unpaired) electrons. The average Bonchev–Trinajstić information content (AvgIpc) is 2.74. The number of likely N-dealkylation sites (tertiary alicyclic amines) is 1. The second-order valence-electron chi connectivity index (χ2n) is 7.09. The number of nitrogens with one attached hydrogen (secondary N) is 1. The van der Waals surface area contributed by atoms with Crippen LogP contribution in [0.15, 0.2) is 16.7 Å². The highest BCUT2D eigenvalue weighted by Crippen LogP contribution is 2.23. The fraction of sp³-hybridized carbons (Fsp3) is 0.765. The zero-order valence-electron chi connectivity index (χ0n) is 13.5. The zero-order valence-corrected chi connectivity index (χ0v) is 13.5. The number of nitrogens with zero attached hydrogens (tertiary/aromatic N) is 1. The Morgan fingerprint density at radius 2 is 2.00 bits per heavy atom. The first-order valence-corrected chi connectivity index (χ1v) is 8.02. The molecule has 1 fully saturated rings. The van der Waals surface area contributed by atoms with Gasteiger partial charge in [0, 0.05) is 25.2 Å². The Kier molecular flexibility index (Phi) is 5.67. The second kappa shape index (κ2) is 7.28. The highest BCUT2D eigenvalue weighted by molar-refractivity contribution is 5.12. The summed E-state index contributed by atoms with van der Waals surface area (Å²) >= 11 is 0. The molecule has 20 heavy (non-hydrogen) atoms. The van der Waals surface area contributed by atoms with E-state index in [9.17, 15) is 0 Å². The van der Waals surface area contributed by atoms with E-state index in [1.807, 2.05) is 6.26 Å². The average molecular weight is 278 g/mol. The Hall–Kier alpha value is -0.800. The number of rotatable bonds is 6. The lowest BCUT2D eigenvalue weighted by molar-refractivity contribution is 0.126. The molecule has 3 nitrogen and oxygen atoms in total. The third-order valence-corrected chi connectivity index (χ3v) is 3.91. The van der Waals surface area contributed by atoms with Gasteiger partial charge in [-0.3, -0.25) is 4.90 Å². The summed E-state index contributed by atoms with van der Waals surface area (Å²) in [7, 11) is 0. The molecule has 0 saturated carbocycles. The van der Waals surface area contributed by atoms with E-state index in [2.05, 4.69) is 44.0 Å². The van der Waals surface area contributed by atoms with Crippen LogP contribution in [0.4, 0.5) is 0 Å². The van der Waals surface area contributed by atoms with Crippen molar-refractivity contribution < 1.29 is 4.42 Å². The van der Waals surface area contributed by atoms with E-state index in [1.165, 1.54) is 25.1 Å². The van der Waals surface area contributed by atoms with Crippen molar-refractivity contribution >= 4 is 0 Å². The minimum Gasteiger partial charge on any atom is -0.468 e.